The highest BCUT2D eigenvalue weighted by Crippen LogP contribution is 2.15. The second-order valence-corrected chi connectivity index (χ2v) is 8.55. The highest BCUT2D eigenvalue weighted by Gasteiger charge is 1.96. The quantitative estimate of drug-likeness (QED) is 0.194. The summed E-state index contributed by atoms with van der Waals surface area (Å²) in [7, 11) is 0. The van der Waals surface area contributed by atoms with Gasteiger partial charge in [0.15, 0.2) is 0 Å². The molecule has 0 amide bonds. The monoisotopic (exact) mass is 338 g/mol. The lowest BCUT2D eigenvalue weighted by Gasteiger charge is -2.05. The first-order chi connectivity index (χ1) is 11.8. The first-order valence-electron chi connectivity index (χ1n) is 11.8. The van der Waals surface area contributed by atoms with Gasteiger partial charge in [0.1, 0.15) is 0 Å². The number of hydrogen-bond donors (Lipinski definition) is 0. The van der Waals surface area contributed by atoms with E-state index >= 15 is 0 Å². The summed E-state index contributed by atoms with van der Waals surface area (Å²) in [4.78, 5) is 0. The molecule has 0 fully saturated rings. The van der Waals surface area contributed by atoms with Crippen molar-refractivity contribution in [1.82, 2.24) is 0 Å². The van der Waals surface area contributed by atoms with Gasteiger partial charge in [-0.1, -0.05) is 149 Å². The maximum absolute atomic E-state index is 2.34. The molecule has 0 spiro atoms. The number of unbranched alkanes of at least 4 members (excludes halogenated alkanes) is 18. The van der Waals surface area contributed by atoms with Crippen LogP contribution in [0.4, 0.5) is 0 Å². The zero-order valence-corrected chi connectivity index (χ0v) is 17.7. The van der Waals surface area contributed by atoms with Gasteiger partial charge in [-0.2, -0.15) is 0 Å². The SMILES string of the molecule is CCCCCCCCCCCCCCCCCCCCCC(C)C. The van der Waals surface area contributed by atoms with E-state index in [1.54, 1.807) is 0 Å². The molecule has 0 aromatic carbocycles. The molecule has 0 heteroatoms. The highest BCUT2D eigenvalue weighted by atomic mass is 14.0. The molecule has 0 nitrogen and oxygen atoms in total. The van der Waals surface area contributed by atoms with Crippen LogP contribution in [0.2, 0.25) is 0 Å². The van der Waals surface area contributed by atoms with Crippen molar-refractivity contribution in [2.45, 2.75) is 149 Å². The van der Waals surface area contributed by atoms with Gasteiger partial charge in [0.25, 0.3) is 0 Å². The van der Waals surface area contributed by atoms with Gasteiger partial charge in [-0.3, -0.25) is 0 Å². The number of hydrogen-bond acceptors (Lipinski definition) is 0. The Bertz CT molecular complexity index is 206. The molecular formula is C24H50. The molecule has 0 heterocycles. The molecule has 0 unspecified atom stereocenters. The summed E-state index contributed by atoms with van der Waals surface area (Å²) in [5, 5.41) is 0. The minimum Gasteiger partial charge on any atom is -0.0654 e. The smallest absolute Gasteiger partial charge is 0.0471 e. The van der Waals surface area contributed by atoms with Crippen molar-refractivity contribution in [1.29, 1.82) is 0 Å². The Balaban J connectivity index is 2.95. The Kier molecular flexibility index (Phi) is 21.0. The Morgan fingerprint density at radius 2 is 0.625 bits per heavy atom. The number of rotatable bonds is 20. The van der Waals surface area contributed by atoms with Crippen molar-refractivity contribution in [3.8, 4) is 0 Å². The van der Waals surface area contributed by atoms with E-state index in [0.717, 1.165) is 5.92 Å². The topological polar surface area (TPSA) is 0 Å². The molecule has 0 N–H and O–H groups in total. The van der Waals surface area contributed by atoms with Gasteiger partial charge >= 0.3 is 0 Å². The Labute approximate surface area is 155 Å². The molecular weight excluding hydrogens is 288 g/mol. The zero-order chi connectivity index (χ0) is 17.7. The van der Waals surface area contributed by atoms with Crippen LogP contribution in [0, 0.1) is 5.92 Å². The van der Waals surface area contributed by atoms with Gasteiger partial charge in [0, 0.05) is 0 Å². The van der Waals surface area contributed by atoms with Crippen LogP contribution in [0.5, 0.6) is 0 Å². The maximum Gasteiger partial charge on any atom is -0.0471 e. The molecule has 0 atom stereocenters. The second-order valence-electron chi connectivity index (χ2n) is 8.55. The fraction of sp³-hybridized carbons (Fsp3) is 1.00. The minimum absolute atomic E-state index is 0.899. The molecule has 146 valence electrons. The molecule has 0 aromatic heterocycles. The predicted molar refractivity (Wildman–Crippen MR) is 113 cm³/mol. The minimum atomic E-state index is 0.899. The fourth-order valence-electron chi connectivity index (χ4n) is 3.63. The van der Waals surface area contributed by atoms with Crippen LogP contribution in [0.15, 0.2) is 0 Å². The van der Waals surface area contributed by atoms with Crippen molar-refractivity contribution < 1.29 is 0 Å². The van der Waals surface area contributed by atoms with Gasteiger partial charge in [-0.25, -0.2) is 0 Å². The zero-order valence-electron chi connectivity index (χ0n) is 17.7. The molecule has 0 aliphatic heterocycles. The summed E-state index contributed by atoms with van der Waals surface area (Å²) in [6, 6.07) is 0. The fourth-order valence-corrected chi connectivity index (χ4v) is 3.63. The summed E-state index contributed by atoms with van der Waals surface area (Å²) in [6.07, 6.45) is 29.5. The van der Waals surface area contributed by atoms with Crippen LogP contribution in [0.1, 0.15) is 149 Å². The molecule has 24 heavy (non-hydrogen) atoms. The lowest BCUT2D eigenvalue weighted by molar-refractivity contribution is 0.501. The van der Waals surface area contributed by atoms with E-state index in [1.807, 2.05) is 0 Å². The first kappa shape index (κ1) is 24.0. The lowest BCUT2D eigenvalue weighted by atomic mass is 10.0. The van der Waals surface area contributed by atoms with E-state index in [1.165, 1.54) is 128 Å². The van der Waals surface area contributed by atoms with E-state index in [9.17, 15) is 0 Å². The molecule has 0 rings (SSSR count). The van der Waals surface area contributed by atoms with E-state index in [0.29, 0.717) is 0 Å². The van der Waals surface area contributed by atoms with E-state index in [2.05, 4.69) is 20.8 Å². The van der Waals surface area contributed by atoms with Crippen molar-refractivity contribution in [2.24, 2.45) is 5.92 Å². The average molecular weight is 339 g/mol. The Morgan fingerprint density at radius 1 is 0.375 bits per heavy atom. The third-order valence-electron chi connectivity index (χ3n) is 5.39. The van der Waals surface area contributed by atoms with E-state index in [4.69, 9.17) is 0 Å². The van der Waals surface area contributed by atoms with Gasteiger partial charge in [-0.05, 0) is 5.92 Å². The molecule has 0 aliphatic carbocycles. The van der Waals surface area contributed by atoms with Crippen molar-refractivity contribution in [3.05, 3.63) is 0 Å². The molecule has 0 saturated heterocycles. The van der Waals surface area contributed by atoms with Crippen molar-refractivity contribution in [2.75, 3.05) is 0 Å². The molecule has 0 saturated carbocycles. The standard InChI is InChI=1S/C24H50/c1-4-5-6-7-8-9-10-11-12-13-14-15-16-17-18-19-20-21-22-23-24(2)3/h24H,4-23H2,1-3H3. The maximum atomic E-state index is 2.34. The van der Waals surface area contributed by atoms with Crippen molar-refractivity contribution >= 4 is 0 Å². The van der Waals surface area contributed by atoms with E-state index in [-0.39, 0.29) is 0 Å². The van der Waals surface area contributed by atoms with Crippen LogP contribution in [0.3, 0.4) is 0 Å². The Hall–Kier alpha value is 0. The van der Waals surface area contributed by atoms with E-state index < -0.39 is 0 Å². The largest absolute Gasteiger partial charge is 0.0654 e. The van der Waals surface area contributed by atoms with Gasteiger partial charge in [-0.15, -0.1) is 0 Å². The van der Waals surface area contributed by atoms with Crippen molar-refractivity contribution in [3.63, 3.8) is 0 Å². The van der Waals surface area contributed by atoms with Crippen LogP contribution in [-0.2, 0) is 0 Å². The predicted octanol–water partition coefficient (Wildman–Crippen LogP) is 9.46. The summed E-state index contributed by atoms with van der Waals surface area (Å²) >= 11 is 0. The summed E-state index contributed by atoms with van der Waals surface area (Å²) in [6.45, 7) is 6.98. The van der Waals surface area contributed by atoms with Gasteiger partial charge in [0.2, 0.25) is 0 Å². The van der Waals surface area contributed by atoms with Crippen LogP contribution in [-0.4, -0.2) is 0 Å². The normalized spacial score (nSPS) is 11.5. The van der Waals surface area contributed by atoms with Crippen LogP contribution >= 0.6 is 0 Å². The van der Waals surface area contributed by atoms with Gasteiger partial charge < -0.3 is 0 Å². The van der Waals surface area contributed by atoms with Gasteiger partial charge in [0.05, 0.1) is 0 Å². The third-order valence-corrected chi connectivity index (χ3v) is 5.39. The summed E-state index contributed by atoms with van der Waals surface area (Å²) in [5.74, 6) is 0.899. The average Bonchev–Trinajstić information content (AvgIpc) is 2.56. The lowest BCUT2D eigenvalue weighted by Crippen LogP contribution is -1.87. The Morgan fingerprint density at radius 3 is 0.875 bits per heavy atom. The highest BCUT2D eigenvalue weighted by molar-refractivity contribution is 4.51. The summed E-state index contributed by atoms with van der Waals surface area (Å²) in [5.41, 5.74) is 0. The van der Waals surface area contributed by atoms with Crippen LogP contribution < -0.4 is 0 Å². The first-order valence-corrected chi connectivity index (χ1v) is 11.8. The molecule has 0 aliphatic rings. The molecule has 0 radical (unpaired) electrons. The van der Waals surface area contributed by atoms with Crippen LogP contribution in [0.25, 0.3) is 0 Å². The third kappa shape index (κ3) is 22.0. The summed E-state index contributed by atoms with van der Waals surface area (Å²) < 4.78 is 0. The molecule has 0 aromatic rings. The molecule has 0 bridgehead atoms. The second kappa shape index (κ2) is 21.0.